The molecule has 4 nitrogen and oxygen atoms in total. The molecule has 2 N–H and O–H groups in total. The van der Waals surface area contributed by atoms with E-state index in [1.54, 1.807) is 19.4 Å². The molecule has 1 aromatic carbocycles. The van der Waals surface area contributed by atoms with Crippen LogP contribution in [0, 0.1) is 0 Å². The average molecular weight is 277 g/mol. The molecule has 1 aliphatic heterocycles. The zero-order valence-electron chi connectivity index (χ0n) is 10.3. The number of amides is 1. The highest BCUT2D eigenvalue weighted by Crippen LogP contribution is 2.33. The second-order valence-electron chi connectivity index (χ2n) is 4.02. The van der Waals surface area contributed by atoms with Gasteiger partial charge < -0.3 is 15.0 Å². The van der Waals surface area contributed by atoms with Crippen molar-refractivity contribution in [2.45, 2.75) is 0 Å². The second-order valence-corrected chi connectivity index (χ2v) is 4.02. The molecule has 3 rings (SSSR count). The van der Waals surface area contributed by atoms with E-state index in [9.17, 15) is 4.79 Å². The van der Waals surface area contributed by atoms with Crippen molar-refractivity contribution in [1.82, 2.24) is 4.98 Å². The Balaban J connectivity index is 0.00000133. The fourth-order valence-corrected chi connectivity index (χ4v) is 2.09. The number of para-hydroxylation sites is 1. The van der Waals surface area contributed by atoms with E-state index in [4.69, 9.17) is 4.74 Å². The first-order valence-corrected chi connectivity index (χ1v) is 5.63. The zero-order valence-corrected chi connectivity index (χ0v) is 11.1. The molecule has 2 aromatic rings. The number of ether oxygens (including phenoxy) is 1. The molecule has 0 aliphatic carbocycles. The lowest BCUT2D eigenvalue weighted by Gasteiger charge is -1.99. The maximum atomic E-state index is 11.9. The Morgan fingerprint density at radius 2 is 2.00 bits per heavy atom. The summed E-state index contributed by atoms with van der Waals surface area (Å²) in [5.41, 5.74) is 3.20. The van der Waals surface area contributed by atoms with Gasteiger partial charge in [-0.2, -0.15) is 0 Å². The van der Waals surface area contributed by atoms with Crippen LogP contribution >= 0.6 is 12.4 Å². The lowest BCUT2D eigenvalue weighted by Crippen LogP contribution is -2.03. The molecule has 1 amide bonds. The monoisotopic (exact) mass is 276 g/mol. The molecule has 1 aliphatic rings. The van der Waals surface area contributed by atoms with Gasteiger partial charge in [0.25, 0.3) is 5.91 Å². The summed E-state index contributed by atoms with van der Waals surface area (Å²) in [5, 5.41) is 2.84. The Kier molecular flexibility index (Phi) is 3.62. The van der Waals surface area contributed by atoms with Crippen molar-refractivity contribution in [3.05, 3.63) is 47.8 Å². The predicted molar refractivity (Wildman–Crippen MR) is 77.5 cm³/mol. The molecule has 0 spiro atoms. The van der Waals surface area contributed by atoms with Gasteiger partial charge >= 0.3 is 0 Å². The second kappa shape index (κ2) is 5.20. The molecule has 0 saturated heterocycles. The van der Waals surface area contributed by atoms with Crippen LogP contribution in [0.3, 0.4) is 0 Å². The Hall–Kier alpha value is -2.20. The Morgan fingerprint density at radius 3 is 2.79 bits per heavy atom. The van der Waals surface area contributed by atoms with Gasteiger partial charge in [-0.15, -0.1) is 12.4 Å². The number of carbonyl (C=O) groups excluding carboxylic acids is 1. The van der Waals surface area contributed by atoms with E-state index in [-0.39, 0.29) is 18.3 Å². The number of rotatable bonds is 2. The standard InChI is InChI=1S/C14H12N2O2.ClH/c1-18-13-6-7-15-12(13)8-10-9-4-2-3-5-11(9)16-14(10)17;/h2-8,15H,1H3,(H,16,17);1H. The number of aromatic amines is 1. The van der Waals surface area contributed by atoms with Crippen molar-refractivity contribution in [2.24, 2.45) is 0 Å². The van der Waals surface area contributed by atoms with E-state index >= 15 is 0 Å². The maximum absolute atomic E-state index is 11.9. The number of fused-ring (bicyclic) bond motifs is 1. The zero-order chi connectivity index (χ0) is 12.5. The summed E-state index contributed by atoms with van der Waals surface area (Å²) in [6, 6.07) is 9.45. The van der Waals surface area contributed by atoms with E-state index in [1.807, 2.05) is 30.3 Å². The first-order chi connectivity index (χ1) is 8.79. The van der Waals surface area contributed by atoms with E-state index < -0.39 is 0 Å². The number of benzene rings is 1. The summed E-state index contributed by atoms with van der Waals surface area (Å²) in [4.78, 5) is 15.0. The number of hydrogen-bond donors (Lipinski definition) is 2. The van der Waals surface area contributed by atoms with Gasteiger partial charge in [-0.3, -0.25) is 4.79 Å². The molecule has 0 atom stereocenters. The van der Waals surface area contributed by atoms with Crippen LogP contribution < -0.4 is 10.1 Å². The van der Waals surface area contributed by atoms with Gasteiger partial charge in [0.2, 0.25) is 0 Å². The van der Waals surface area contributed by atoms with Crippen LogP contribution in [0.5, 0.6) is 5.75 Å². The van der Waals surface area contributed by atoms with Crippen molar-refractivity contribution in [3.8, 4) is 5.75 Å². The van der Waals surface area contributed by atoms with Gasteiger partial charge in [0, 0.05) is 17.4 Å². The largest absolute Gasteiger partial charge is 0.495 e. The number of H-pyrrole nitrogens is 1. The highest BCUT2D eigenvalue weighted by Gasteiger charge is 2.23. The van der Waals surface area contributed by atoms with Gasteiger partial charge in [0.1, 0.15) is 5.75 Å². The Morgan fingerprint density at radius 1 is 1.21 bits per heavy atom. The SMILES string of the molecule is COc1cc[nH]c1C=C1C(=O)Nc2ccccc21.Cl. The summed E-state index contributed by atoms with van der Waals surface area (Å²) >= 11 is 0. The first kappa shape index (κ1) is 13.2. The predicted octanol–water partition coefficient (Wildman–Crippen LogP) is 2.94. The van der Waals surface area contributed by atoms with Crippen molar-refractivity contribution in [2.75, 3.05) is 12.4 Å². The molecule has 0 saturated carbocycles. The van der Waals surface area contributed by atoms with Crippen LogP contribution in [-0.2, 0) is 4.79 Å². The van der Waals surface area contributed by atoms with E-state index in [1.165, 1.54) is 0 Å². The minimum atomic E-state index is -0.0900. The lowest BCUT2D eigenvalue weighted by atomic mass is 10.1. The summed E-state index contributed by atoms with van der Waals surface area (Å²) in [6.07, 6.45) is 3.59. The maximum Gasteiger partial charge on any atom is 0.256 e. The number of nitrogens with one attached hydrogen (secondary N) is 2. The molecular formula is C14H13ClN2O2. The third-order valence-electron chi connectivity index (χ3n) is 2.96. The van der Waals surface area contributed by atoms with Crippen LogP contribution in [0.4, 0.5) is 5.69 Å². The normalized spacial score (nSPS) is 14.8. The summed E-state index contributed by atoms with van der Waals surface area (Å²) in [5.74, 6) is 0.632. The topological polar surface area (TPSA) is 54.1 Å². The van der Waals surface area contributed by atoms with Gasteiger partial charge in [0.05, 0.1) is 18.4 Å². The molecular weight excluding hydrogens is 264 g/mol. The molecule has 0 bridgehead atoms. The van der Waals surface area contributed by atoms with Crippen LogP contribution in [0.25, 0.3) is 11.6 Å². The number of methoxy groups -OCH3 is 1. The van der Waals surface area contributed by atoms with Gasteiger partial charge in [0.15, 0.2) is 0 Å². The number of aromatic nitrogens is 1. The highest BCUT2D eigenvalue weighted by atomic mass is 35.5. The third-order valence-corrected chi connectivity index (χ3v) is 2.96. The quantitative estimate of drug-likeness (QED) is 0.829. The summed E-state index contributed by atoms with van der Waals surface area (Å²) in [6.45, 7) is 0. The van der Waals surface area contributed by atoms with Crippen LogP contribution in [-0.4, -0.2) is 18.0 Å². The van der Waals surface area contributed by atoms with Crippen molar-refractivity contribution in [1.29, 1.82) is 0 Å². The molecule has 5 heteroatoms. The lowest BCUT2D eigenvalue weighted by molar-refractivity contribution is -0.110. The first-order valence-electron chi connectivity index (χ1n) is 5.63. The van der Waals surface area contributed by atoms with E-state index in [2.05, 4.69) is 10.3 Å². The minimum Gasteiger partial charge on any atom is -0.495 e. The van der Waals surface area contributed by atoms with Crippen molar-refractivity contribution < 1.29 is 9.53 Å². The molecule has 0 fully saturated rings. The Bertz CT molecular complexity index is 646. The third kappa shape index (κ3) is 2.22. The van der Waals surface area contributed by atoms with E-state index in [0.29, 0.717) is 5.57 Å². The molecule has 98 valence electrons. The molecule has 1 aromatic heterocycles. The number of hydrogen-bond acceptors (Lipinski definition) is 2. The Labute approximate surface area is 116 Å². The number of carbonyl (C=O) groups is 1. The van der Waals surface area contributed by atoms with Crippen LogP contribution in [0.15, 0.2) is 36.5 Å². The smallest absolute Gasteiger partial charge is 0.256 e. The van der Waals surface area contributed by atoms with Crippen molar-refractivity contribution >= 4 is 35.7 Å². The van der Waals surface area contributed by atoms with Gasteiger partial charge in [-0.25, -0.2) is 0 Å². The fourth-order valence-electron chi connectivity index (χ4n) is 2.09. The minimum absolute atomic E-state index is 0. The van der Waals surface area contributed by atoms with Crippen LogP contribution in [0.1, 0.15) is 11.3 Å². The summed E-state index contributed by atoms with van der Waals surface area (Å²) in [7, 11) is 1.61. The van der Waals surface area contributed by atoms with Crippen molar-refractivity contribution in [3.63, 3.8) is 0 Å². The molecule has 0 radical (unpaired) electrons. The van der Waals surface area contributed by atoms with Gasteiger partial charge in [-0.1, -0.05) is 18.2 Å². The molecule has 2 heterocycles. The molecule has 19 heavy (non-hydrogen) atoms. The summed E-state index contributed by atoms with van der Waals surface area (Å²) < 4.78 is 5.21. The average Bonchev–Trinajstić information content (AvgIpc) is 2.95. The van der Waals surface area contributed by atoms with E-state index in [0.717, 1.165) is 22.7 Å². The molecule has 0 unspecified atom stereocenters. The number of anilines is 1. The van der Waals surface area contributed by atoms with Crippen LogP contribution in [0.2, 0.25) is 0 Å². The number of halogens is 1. The highest BCUT2D eigenvalue weighted by molar-refractivity contribution is 6.34. The fraction of sp³-hybridized carbons (Fsp3) is 0.0714. The van der Waals surface area contributed by atoms with Gasteiger partial charge in [-0.05, 0) is 18.2 Å².